The van der Waals surface area contributed by atoms with Crippen molar-refractivity contribution in [3.63, 3.8) is 0 Å². The van der Waals surface area contributed by atoms with Gasteiger partial charge in [-0.3, -0.25) is 0 Å². The lowest BCUT2D eigenvalue weighted by Crippen LogP contribution is -2.33. The van der Waals surface area contributed by atoms with Gasteiger partial charge in [-0.15, -0.1) is 4.91 Å². The number of hydrogen-bond acceptors (Lipinski definition) is 5. The molecule has 2 aromatic carbocycles. The Bertz CT molecular complexity index is 875. The molecule has 0 spiro atoms. The van der Waals surface area contributed by atoms with Gasteiger partial charge in [-0.25, -0.2) is 0 Å². The predicted octanol–water partition coefficient (Wildman–Crippen LogP) is 5.31. The van der Waals surface area contributed by atoms with Gasteiger partial charge in [-0.05, 0) is 74.5 Å². The second-order valence-corrected chi connectivity index (χ2v) is 7.86. The van der Waals surface area contributed by atoms with Gasteiger partial charge < -0.3 is 14.2 Å². The molecule has 2 aromatic rings. The molecule has 0 fully saturated rings. The van der Waals surface area contributed by atoms with Crippen LogP contribution in [0, 0.1) is 4.91 Å². The Morgan fingerprint density at radius 1 is 1.26 bits per heavy atom. The Hall–Kier alpha value is -2.56. The van der Waals surface area contributed by atoms with Crippen molar-refractivity contribution in [1.82, 2.24) is 0 Å². The first-order valence-corrected chi connectivity index (χ1v) is 9.57. The van der Waals surface area contributed by atoms with Gasteiger partial charge in [0.15, 0.2) is 0 Å². The molecular weight excluding hydrogens is 342 g/mol. The molecule has 0 bridgehead atoms. The first-order chi connectivity index (χ1) is 13.0. The van der Waals surface area contributed by atoms with E-state index in [1.807, 2.05) is 25.1 Å². The highest BCUT2D eigenvalue weighted by Gasteiger charge is 2.32. The molecule has 0 N–H and O–H groups in total. The second kappa shape index (κ2) is 6.87. The molecule has 1 atom stereocenters. The first-order valence-electron chi connectivity index (χ1n) is 9.57. The summed E-state index contributed by atoms with van der Waals surface area (Å²) in [5, 5.41) is 3.13. The molecule has 2 heterocycles. The van der Waals surface area contributed by atoms with Crippen molar-refractivity contribution >= 4 is 5.69 Å². The van der Waals surface area contributed by atoms with Crippen LogP contribution in [-0.2, 0) is 12.8 Å². The molecule has 2 aliphatic heterocycles. The predicted molar refractivity (Wildman–Crippen MR) is 104 cm³/mol. The Balaban J connectivity index is 1.60. The molecule has 0 saturated heterocycles. The summed E-state index contributed by atoms with van der Waals surface area (Å²) in [5.74, 6) is 2.64. The fraction of sp³-hybridized carbons (Fsp3) is 0.455. The van der Waals surface area contributed by atoms with Crippen molar-refractivity contribution in [3.05, 3.63) is 51.9 Å². The van der Waals surface area contributed by atoms with E-state index in [4.69, 9.17) is 14.2 Å². The van der Waals surface area contributed by atoms with Crippen LogP contribution in [-0.4, -0.2) is 18.8 Å². The quantitative estimate of drug-likeness (QED) is 0.688. The Morgan fingerprint density at radius 2 is 2.11 bits per heavy atom. The minimum Gasteiger partial charge on any atom is -0.492 e. The van der Waals surface area contributed by atoms with Crippen LogP contribution in [0.15, 0.2) is 35.5 Å². The van der Waals surface area contributed by atoms with Crippen LogP contribution >= 0.6 is 0 Å². The van der Waals surface area contributed by atoms with Crippen molar-refractivity contribution in [1.29, 1.82) is 0 Å². The number of nitrogens with zero attached hydrogens (tertiary/aromatic N) is 1. The van der Waals surface area contributed by atoms with E-state index < -0.39 is 0 Å². The third-order valence-corrected chi connectivity index (χ3v) is 5.41. The van der Waals surface area contributed by atoms with Crippen LogP contribution in [0.3, 0.4) is 0 Å². The van der Waals surface area contributed by atoms with Crippen LogP contribution in [0.25, 0.3) is 0 Å². The number of ether oxygens (including phenoxy) is 3. The second-order valence-electron chi connectivity index (χ2n) is 7.86. The smallest absolute Gasteiger partial charge is 0.150 e. The molecule has 0 aliphatic carbocycles. The molecule has 0 aromatic heterocycles. The Labute approximate surface area is 159 Å². The normalized spacial score (nSPS) is 19.9. The van der Waals surface area contributed by atoms with Crippen LogP contribution in [0.4, 0.5) is 5.69 Å². The monoisotopic (exact) mass is 367 g/mol. The maximum atomic E-state index is 11.2. The fourth-order valence-electron chi connectivity index (χ4n) is 3.97. The van der Waals surface area contributed by atoms with E-state index in [-0.39, 0.29) is 11.5 Å². The third kappa shape index (κ3) is 3.38. The molecule has 0 radical (unpaired) electrons. The number of hydrogen-bond donors (Lipinski definition) is 0. The molecule has 1 unspecified atom stereocenters. The standard InChI is InChI=1S/C22H25NO4/c1-4-25-20-8-5-14(12-18(20)23-24)16-11-15-6-7-19-17(21(15)26-13-16)9-10-22(2,3)27-19/h5-8,12,16H,4,9-11,13H2,1-3H3. The summed E-state index contributed by atoms with van der Waals surface area (Å²) in [6, 6.07) is 9.82. The van der Waals surface area contributed by atoms with E-state index >= 15 is 0 Å². The largest absolute Gasteiger partial charge is 0.492 e. The van der Waals surface area contributed by atoms with Crippen molar-refractivity contribution in [3.8, 4) is 17.2 Å². The van der Waals surface area contributed by atoms with Crippen molar-refractivity contribution < 1.29 is 14.2 Å². The van der Waals surface area contributed by atoms with Crippen LogP contribution in [0.2, 0.25) is 0 Å². The lowest BCUT2D eigenvalue weighted by Gasteiger charge is -2.35. The minimum atomic E-state index is -0.126. The molecule has 4 rings (SSSR count). The van der Waals surface area contributed by atoms with Crippen molar-refractivity contribution in [2.75, 3.05) is 13.2 Å². The highest BCUT2D eigenvalue weighted by atomic mass is 16.5. The molecular formula is C22H25NO4. The summed E-state index contributed by atoms with van der Waals surface area (Å²) in [6.07, 6.45) is 2.83. The van der Waals surface area contributed by atoms with Gasteiger partial charge in [0.05, 0.1) is 13.2 Å². The number of benzene rings is 2. The third-order valence-electron chi connectivity index (χ3n) is 5.41. The summed E-state index contributed by atoms with van der Waals surface area (Å²) >= 11 is 0. The zero-order valence-electron chi connectivity index (χ0n) is 16.1. The zero-order valence-corrected chi connectivity index (χ0v) is 16.1. The summed E-state index contributed by atoms with van der Waals surface area (Å²) in [6.45, 7) is 7.22. The molecule has 5 heteroatoms. The summed E-state index contributed by atoms with van der Waals surface area (Å²) in [5.41, 5.74) is 3.66. The van der Waals surface area contributed by atoms with E-state index in [1.54, 1.807) is 0 Å². The van der Waals surface area contributed by atoms with Gasteiger partial charge in [-0.1, -0.05) is 12.1 Å². The lowest BCUT2D eigenvalue weighted by molar-refractivity contribution is 0.0827. The van der Waals surface area contributed by atoms with Crippen molar-refractivity contribution in [2.24, 2.45) is 5.18 Å². The van der Waals surface area contributed by atoms with Crippen LogP contribution < -0.4 is 14.2 Å². The number of nitroso groups, excluding NO2 is 1. The van der Waals surface area contributed by atoms with Gasteiger partial charge in [0, 0.05) is 11.5 Å². The van der Waals surface area contributed by atoms with Gasteiger partial charge in [0.2, 0.25) is 0 Å². The number of rotatable bonds is 4. The average Bonchev–Trinajstić information content (AvgIpc) is 2.67. The van der Waals surface area contributed by atoms with E-state index in [1.165, 1.54) is 11.1 Å². The van der Waals surface area contributed by atoms with Crippen LogP contribution in [0.5, 0.6) is 17.2 Å². The SMILES string of the molecule is CCOc1ccc(C2COc3c(ccc4c3CCC(C)(C)O4)C2)cc1N=O. The van der Waals surface area contributed by atoms with Crippen molar-refractivity contribution in [2.45, 2.75) is 51.6 Å². The Morgan fingerprint density at radius 3 is 2.89 bits per heavy atom. The molecule has 142 valence electrons. The highest BCUT2D eigenvalue weighted by molar-refractivity contribution is 5.56. The van der Waals surface area contributed by atoms with E-state index in [0.29, 0.717) is 24.7 Å². The summed E-state index contributed by atoms with van der Waals surface area (Å²) in [7, 11) is 0. The Kier molecular flexibility index (Phi) is 4.54. The molecule has 0 saturated carbocycles. The topological polar surface area (TPSA) is 57.1 Å². The molecule has 27 heavy (non-hydrogen) atoms. The summed E-state index contributed by atoms with van der Waals surface area (Å²) in [4.78, 5) is 11.2. The van der Waals surface area contributed by atoms with Gasteiger partial charge >= 0.3 is 0 Å². The van der Waals surface area contributed by atoms with E-state index in [9.17, 15) is 4.91 Å². The summed E-state index contributed by atoms with van der Waals surface area (Å²) < 4.78 is 17.8. The van der Waals surface area contributed by atoms with Gasteiger partial charge in [-0.2, -0.15) is 0 Å². The highest BCUT2D eigenvalue weighted by Crippen LogP contribution is 2.44. The maximum Gasteiger partial charge on any atom is 0.150 e. The minimum absolute atomic E-state index is 0.126. The van der Waals surface area contributed by atoms with Gasteiger partial charge in [0.1, 0.15) is 28.5 Å². The van der Waals surface area contributed by atoms with Gasteiger partial charge in [0.25, 0.3) is 0 Å². The number of fused-ring (bicyclic) bond motifs is 3. The lowest BCUT2D eigenvalue weighted by atomic mass is 9.86. The molecule has 2 aliphatic rings. The average molecular weight is 367 g/mol. The fourth-order valence-corrected chi connectivity index (χ4v) is 3.97. The molecule has 0 amide bonds. The zero-order chi connectivity index (χ0) is 19.0. The van der Waals surface area contributed by atoms with Crippen LogP contribution in [0.1, 0.15) is 49.8 Å². The first kappa shape index (κ1) is 17.8. The molecule has 5 nitrogen and oxygen atoms in total. The van der Waals surface area contributed by atoms with E-state index in [0.717, 1.165) is 36.3 Å². The maximum absolute atomic E-state index is 11.2. The van der Waals surface area contributed by atoms with E-state index in [2.05, 4.69) is 31.2 Å².